The second kappa shape index (κ2) is 5.57. The zero-order valence-electron chi connectivity index (χ0n) is 11.2. The molecule has 7 heteroatoms. The number of carboxylic acids is 1. The van der Waals surface area contributed by atoms with Crippen LogP contribution in [0.25, 0.3) is 9.88 Å². The van der Waals surface area contributed by atoms with Crippen LogP contribution in [0.1, 0.15) is 18.5 Å². The fourth-order valence-corrected chi connectivity index (χ4v) is 3.65. The minimum absolute atomic E-state index is 0.175. The van der Waals surface area contributed by atoms with Crippen LogP contribution in [-0.4, -0.2) is 28.5 Å². The predicted octanol–water partition coefficient (Wildman–Crippen LogP) is 2.40. The van der Waals surface area contributed by atoms with Crippen molar-refractivity contribution >= 4 is 34.6 Å². The number of thiophene rings is 1. The van der Waals surface area contributed by atoms with E-state index in [0.717, 1.165) is 15.6 Å². The Morgan fingerprint density at radius 2 is 2.19 bits per heavy atom. The van der Waals surface area contributed by atoms with Gasteiger partial charge in [0.15, 0.2) is 0 Å². The Kier molecular flexibility index (Phi) is 3.77. The van der Waals surface area contributed by atoms with Crippen LogP contribution in [-0.2, 0) is 16.0 Å². The number of nitrogens with one attached hydrogen (secondary N) is 1. The summed E-state index contributed by atoms with van der Waals surface area (Å²) in [5, 5.41) is 16.5. The summed E-state index contributed by atoms with van der Waals surface area (Å²) < 4.78 is 0. The van der Waals surface area contributed by atoms with Gasteiger partial charge in [0.1, 0.15) is 5.01 Å². The summed E-state index contributed by atoms with van der Waals surface area (Å²) in [5.74, 6) is -0.998. The van der Waals surface area contributed by atoms with Gasteiger partial charge in [-0.15, -0.1) is 22.7 Å². The van der Waals surface area contributed by atoms with Gasteiger partial charge in [0.25, 0.3) is 0 Å². The summed E-state index contributed by atoms with van der Waals surface area (Å²) in [6.07, 6.45) is 1.47. The molecule has 0 radical (unpaired) electrons. The molecule has 1 fully saturated rings. The van der Waals surface area contributed by atoms with E-state index in [-0.39, 0.29) is 18.9 Å². The molecule has 1 aliphatic rings. The predicted molar refractivity (Wildman–Crippen MR) is 81.4 cm³/mol. The minimum Gasteiger partial charge on any atom is -0.481 e. The topological polar surface area (TPSA) is 79.3 Å². The van der Waals surface area contributed by atoms with Crippen molar-refractivity contribution in [1.29, 1.82) is 0 Å². The lowest BCUT2D eigenvalue weighted by Gasteiger charge is -2.10. The molecular formula is C14H14N2O3S2. The summed E-state index contributed by atoms with van der Waals surface area (Å²) in [6.45, 7) is 0.211. The highest BCUT2D eigenvalue weighted by atomic mass is 32.1. The standard InChI is InChI=1S/C14H14N2O3S2/c17-11(15-8-14(3-4-14)13(18)19)6-9-7-21-12(16-9)10-2-1-5-20-10/h1-2,5,7H,3-4,6,8H2,(H,15,17)(H,18,19). The third-order valence-corrected chi connectivity index (χ3v) is 5.49. The number of amides is 1. The molecule has 0 aromatic carbocycles. The van der Waals surface area contributed by atoms with Gasteiger partial charge in [0, 0.05) is 11.9 Å². The van der Waals surface area contributed by atoms with Crippen LogP contribution in [0.3, 0.4) is 0 Å². The summed E-state index contributed by atoms with van der Waals surface area (Å²) in [7, 11) is 0. The summed E-state index contributed by atoms with van der Waals surface area (Å²) >= 11 is 3.13. The first kappa shape index (κ1) is 14.2. The van der Waals surface area contributed by atoms with E-state index in [1.54, 1.807) is 11.3 Å². The molecule has 0 saturated heterocycles. The number of hydrogen-bond donors (Lipinski definition) is 2. The molecule has 3 rings (SSSR count). The number of rotatable bonds is 6. The number of aliphatic carboxylic acids is 1. The van der Waals surface area contributed by atoms with E-state index in [4.69, 9.17) is 5.11 Å². The number of carbonyl (C=O) groups is 2. The average molecular weight is 322 g/mol. The molecule has 0 aliphatic heterocycles. The lowest BCUT2D eigenvalue weighted by molar-refractivity contribution is -0.143. The van der Waals surface area contributed by atoms with Crippen molar-refractivity contribution in [1.82, 2.24) is 10.3 Å². The Labute approximate surface area is 129 Å². The molecule has 1 aliphatic carbocycles. The largest absolute Gasteiger partial charge is 0.481 e. The second-order valence-corrected chi connectivity index (χ2v) is 6.97. The number of nitrogens with zero attached hydrogens (tertiary/aromatic N) is 1. The number of thiazole rings is 1. The van der Waals surface area contributed by atoms with E-state index in [9.17, 15) is 9.59 Å². The first-order valence-corrected chi connectivity index (χ1v) is 8.33. The number of carboxylic acid groups (broad SMARTS) is 1. The normalized spacial score (nSPS) is 15.6. The Hall–Kier alpha value is -1.73. The Balaban J connectivity index is 1.55. The lowest BCUT2D eigenvalue weighted by atomic mass is 10.1. The molecule has 1 amide bonds. The maximum absolute atomic E-state index is 11.9. The molecular weight excluding hydrogens is 308 g/mol. The van der Waals surface area contributed by atoms with Gasteiger partial charge in [-0.1, -0.05) is 6.07 Å². The zero-order chi connectivity index (χ0) is 14.9. The van der Waals surface area contributed by atoms with E-state index >= 15 is 0 Å². The van der Waals surface area contributed by atoms with Gasteiger partial charge in [0.2, 0.25) is 5.91 Å². The van der Waals surface area contributed by atoms with Gasteiger partial charge in [0.05, 0.1) is 22.4 Å². The van der Waals surface area contributed by atoms with Gasteiger partial charge < -0.3 is 10.4 Å². The fraction of sp³-hybridized carbons (Fsp3) is 0.357. The minimum atomic E-state index is -0.823. The molecule has 2 aromatic rings. The highest BCUT2D eigenvalue weighted by molar-refractivity contribution is 7.20. The van der Waals surface area contributed by atoms with Crippen LogP contribution in [0, 0.1) is 5.41 Å². The molecule has 2 heterocycles. The van der Waals surface area contributed by atoms with Gasteiger partial charge in [-0.25, -0.2) is 4.98 Å². The molecule has 2 aromatic heterocycles. The summed E-state index contributed by atoms with van der Waals surface area (Å²) in [6, 6.07) is 3.96. The van der Waals surface area contributed by atoms with Crippen molar-refractivity contribution in [2.24, 2.45) is 5.41 Å². The smallest absolute Gasteiger partial charge is 0.311 e. The van der Waals surface area contributed by atoms with Crippen molar-refractivity contribution in [3.63, 3.8) is 0 Å². The average Bonchev–Trinajstić information content (AvgIpc) is 2.88. The van der Waals surface area contributed by atoms with Crippen molar-refractivity contribution in [2.45, 2.75) is 19.3 Å². The molecule has 1 saturated carbocycles. The highest BCUT2D eigenvalue weighted by Crippen LogP contribution is 2.45. The monoisotopic (exact) mass is 322 g/mol. The first-order chi connectivity index (χ1) is 10.1. The molecule has 0 spiro atoms. The molecule has 5 nitrogen and oxygen atoms in total. The van der Waals surface area contributed by atoms with Crippen LogP contribution in [0.4, 0.5) is 0 Å². The maximum Gasteiger partial charge on any atom is 0.311 e. The third-order valence-electron chi connectivity index (χ3n) is 3.56. The van der Waals surface area contributed by atoms with Crippen LogP contribution in [0.2, 0.25) is 0 Å². The molecule has 21 heavy (non-hydrogen) atoms. The molecule has 0 unspecified atom stereocenters. The molecule has 0 bridgehead atoms. The van der Waals surface area contributed by atoms with Gasteiger partial charge in [-0.2, -0.15) is 0 Å². The summed E-state index contributed by atoms with van der Waals surface area (Å²) in [5.41, 5.74) is 0.000857. The quantitative estimate of drug-likeness (QED) is 0.856. The van der Waals surface area contributed by atoms with Crippen molar-refractivity contribution in [3.05, 3.63) is 28.6 Å². The van der Waals surface area contributed by atoms with Gasteiger partial charge in [-0.05, 0) is 24.3 Å². The highest BCUT2D eigenvalue weighted by Gasteiger charge is 2.50. The van der Waals surface area contributed by atoms with E-state index in [1.807, 2.05) is 22.9 Å². The van der Waals surface area contributed by atoms with E-state index < -0.39 is 11.4 Å². The van der Waals surface area contributed by atoms with Gasteiger partial charge in [-0.3, -0.25) is 9.59 Å². The molecule has 110 valence electrons. The first-order valence-electron chi connectivity index (χ1n) is 6.57. The lowest BCUT2D eigenvalue weighted by Crippen LogP contribution is -2.35. The van der Waals surface area contributed by atoms with Crippen LogP contribution < -0.4 is 5.32 Å². The van der Waals surface area contributed by atoms with Crippen LogP contribution >= 0.6 is 22.7 Å². The number of aromatic nitrogens is 1. The van der Waals surface area contributed by atoms with E-state index in [2.05, 4.69) is 10.3 Å². The zero-order valence-corrected chi connectivity index (χ0v) is 12.8. The Morgan fingerprint density at radius 3 is 2.81 bits per heavy atom. The molecule has 2 N–H and O–H groups in total. The summed E-state index contributed by atoms with van der Waals surface area (Å²) in [4.78, 5) is 28.4. The van der Waals surface area contributed by atoms with E-state index in [1.165, 1.54) is 11.3 Å². The Morgan fingerprint density at radius 1 is 1.38 bits per heavy atom. The maximum atomic E-state index is 11.9. The Bertz CT molecular complexity index is 660. The second-order valence-electron chi connectivity index (χ2n) is 5.16. The number of hydrogen-bond acceptors (Lipinski definition) is 5. The van der Waals surface area contributed by atoms with E-state index in [0.29, 0.717) is 12.8 Å². The van der Waals surface area contributed by atoms with Crippen molar-refractivity contribution in [2.75, 3.05) is 6.54 Å². The fourth-order valence-electron chi connectivity index (χ4n) is 2.01. The van der Waals surface area contributed by atoms with Crippen LogP contribution in [0.5, 0.6) is 0 Å². The van der Waals surface area contributed by atoms with Crippen molar-refractivity contribution in [3.8, 4) is 9.88 Å². The van der Waals surface area contributed by atoms with Gasteiger partial charge >= 0.3 is 5.97 Å². The SMILES string of the molecule is O=C(Cc1csc(-c2cccs2)n1)NCC1(C(=O)O)CC1. The molecule has 0 atom stereocenters. The van der Waals surface area contributed by atoms with Crippen LogP contribution in [0.15, 0.2) is 22.9 Å². The van der Waals surface area contributed by atoms with Crippen molar-refractivity contribution < 1.29 is 14.7 Å². The third kappa shape index (κ3) is 3.14. The number of carbonyl (C=O) groups excluding carboxylic acids is 1.